The number of para-hydroxylation sites is 1. The van der Waals surface area contributed by atoms with Gasteiger partial charge in [0.15, 0.2) is 0 Å². The number of aliphatic hydroxyl groups is 1. The van der Waals surface area contributed by atoms with Crippen LogP contribution in [0.4, 0.5) is 0 Å². The molecule has 12 heteroatoms. The van der Waals surface area contributed by atoms with E-state index in [1.807, 2.05) is 31.2 Å². The van der Waals surface area contributed by atoms with Crippen LogP contribution in [0, 0.1) is 11.8 Å². The van der Waals surface area contributed by atoms with E-state index < -0.39 is 35.5 Å². The quantitative estimate of drug-likeness (QED) is 0.397. The summed E-state index contributed by atoms with van der Waals surface area (Å²) in [7, 11) is 0. The number of carbonyl (C=O) groups is 3. The normalized spacial score (nSPS) is 31.8. The number of hydrogen-bond acceptors (Lipinski definition) is 7. The summed E-state index contributed by atoms with van der Waals surface area (Å²) in [5.74, 6) is -2.47. The molecule has 3 aliphatic heterocycles. The number of carbonyl (C=O) groups excluding carboxylic acids is 3. The van der Waals surface area contributed by atoms with Gasteiger partial charge in [0.2, 0.25) is 17.7 Å². The molecule has 0 radical (unpaired) electrons. The SMILES string of the molecule is CCCNC(=O)[C@H]1[C@@H]2OC3(CC2Br)C(C(=O)NCn2nnc4ccccc42)N(CCO)C(=O)[C@H]13. The van der Waals surface area contributed by atoms with Crippen LogP contribution in [0.5, 0.6) is 0 Å². The van der Waals surface area contributed by atoms with Gasteiger partial charge >= 0.3 is 0 Å². The van der Waals surface area contributed by atoms with Gasteiger partial charge < -0.3 is 25.4 Å². The maximum atomic E-state index is 13.5. The Balaban J connectivity index is 1.43. The largest absolute Gasteiger partial charge is 0.395 e. The second-order valence-electron chi connectivity index (χ2n) is 8.99. The molecule has 1 aromatic heterocycles. The third kappa shape index (κ3) is 3.42. The highest BCUT2D eigenvalue weighted by Crippen LogP contribution is 2.59. The van der Waals surface area contributed by atoms with Crippen molar-refractivity contribution in [1.29, 1.82) is 0 Å². The second-order valence-corrected chi connectivity index (χ2v) is 10.2. The second kappa shape index (κ2) is 8.90. The molecule has 3 amide bonds. The minimum atomic E-state index is -1.15. The molecule has 2 bridgehead atoms. The van der Waals surface area contributed by atoms with Crippen molar-refractivity contribution < 1.29 is 24.2 Å². The number of benzene rings is 1. The number of alkyl halides is 1. The van der Waals surface area contributed by atoms with Crippen LogP contribution in [0.1, 0.15) is 19.8 Å². The Hall–Kier alpha value is -2.57. The number of β-amino-alcohol motifs (C(OH)–C–C–N with tert-alkyl or cyclic N) is 1. The zero-order valence-electron chi connectivity index (χ0n) is 18.7. The molecule has 6 atom stereocenters. The Morgan fingerprint density at radius 1 is 1.29 bits per heavy atom. The highest BCUT2D eigenvalue weighted by Gasteiger charge is 2.76. The van der Waals surface area contributed by atoms with Crippen LogP contribution in [-0.2, 0) is 25.8 Å². The van der Waals surface area contributed by atoms with E-state index in [1.54, 1.807) is 4.68 Å². The Labute approximate surface area is 204 Å². The summed E-state index contributed by atoms with van der Waals surface area (Å²) < 4.78 is 7.92. The lowest BCUT2D eigenvalue weighted by molar-refractivity contribution is -0.142. The first-order valence-corrected chi connectivity index (χ1v) is 12.4. The molecular weight excluding hydrogens is 508 g/mol. The van der Waals surface area contributed by atoms with Crippen LogP contribution in [-0.4, -0.2) is 85.0 Å². The molecule has 11 nitrogen and oxygen atoms in total. The molecule has 3 N–H and O–H groups in total. The zero-order chi connectivity index (χ0) is 24.0. The molecule has 3 unspecified atom stereocenters. The molecule has 3 saturated heterocycles. The Bertz CT molecular complexity index is 1130. The van der Waals surface area contributed by atoms with E-state index in [0.29, 0.717) is 18.5 Å². The maximum Gasteiger partial charge on any atom is 0.247 e. The van der Waals surface area contributed by atoms with Crippen LogP contribution in [0.15, 0.2) is 24.3 Å². The summed E-state index contributed by atoms with van der Waals surface area (Å²) in [4.78, 5) is 41.3. The summed E-state index contributed by atoms with van der Waals surface area (Å²) >= 11 is 3.62. The first-order valence-electron chi connectivity index (χ1n) is 11.5. The molecule has 0 aliphatic carbocycles. The minimum absolute atomic E-state index is 0.0221. The monoisotopic (exact) mass is 534 g/mol. The molecule has 5 rings (SSSR count). The number of rotatable bonds is 8. The number of fused-ring (bicyclic) bond motifs is 2. The van der Waals surface area contributed by atoms with Crippen LogP contribution in [0.3, 0.4) is 0 Å². The van der Waals surface area contributed by atoms with Crippen molar-refractivity contribution in [2.75, 3.05) is 19.7 Å². The number of likely N-dealkylation sites (tertiary alicyclic amines) is 1. The van der Waals surface area contributed by atoms with Crippen molar-refractivity contribution in [2.45, 2.75) is 49.0 Å². The lowest BCUT2D eigenvalue weighted by atomic mass is 9.70. The highest BCUT2D eigenvalue weighted by atomic mass is 79.9. The van der Waals surface area contributed by atoms with Crippen molar-refractivity contribution in [3.05, 3.63) is 24.3 Å². The van der Waals surface area contributed by atoms with E-state index in [4.69, 9.17) is 4.74 Å². The van der Waals surface area contributed by atoms with E-state index >= 15 is 0 Å². The molecule has 1 aromatic carbocycles. The fourth-order valence-electron chi connectivity index (χ4n) is 5.73. The topological polar surface area (TPSA) is 139 Å². The summed E-state index contributed by atoms with van der Waals surface area (Å²) in [6, 6.07) is 6.42. The van der Waals surface area contributed by atoms with Crippen molar-refractivity contribution >= 4 is 44.7 Å². The van der Waals surface area contributed by atoms with E-state index in [-0.39, 0.29) is 36.5 Å². The lowest BCUT2D eigenvalue weighted by Crippen LogP contribution is -2.56. The van der Waals surface area contributed by atoms with Gasteiger partial charge in [-0.1, -0.05) is 40.2 Å². The van der Waals surface area contributed by atoms with Gasteiger partial charge in [-0.3, -0.25) is 14.4 Å². The number of nitrogens with one attached hydrogen (secondary N) is 2. The summed E-state index contributed by atoms with van der Waals surface area (Å²) in [5.41, 5.74) is 0.322. The predicted octanol–water partition coefficient (Wildman–Crippen LogP) is -0.228. The highest BCUT2D eigenvalue weighted by molar-refractivity contribution is 9.09. The molecular formula is C22H27BrN6O5. The number of aromatic nitrogens is 3. The van der Waals surface area contributed by atoms with Gasteiger partial charge in [-0.25, -0.2) is 4.68 Å². The molecule has 4 heterocycles. The van der Waals surface area contributed by atoms with Crippen molar-refractivity contribution in [3.8, 4) is 0 Å². The van der Waals surface area contributed by atoms with Gasteiger partial charge in [0.05, 0.1) is 30.1 Å². The third-order valence-corrected chi connectivity index (χ3v) is 7.90. The first kappa shape index (κ1) is 23.2. The molecule has 2 aromatic rings. The van der Waals surface area contributed by atoms with E-state index in [9.17, 15) is 19.5 Å². The third-order valence-electron chi connectivity index (χ3n) is 7.05. The van der Waals surface area contributed by atoms with Gasteiger partial charge in [-0.2, -0.15) is 0 Å². The zero-order valence-corrected chi connectivity index (χ0v) is 20.3. The number of nitrogens with zero attached hydrogens (tertiary/aromatic N) is 4. The Kier molecular flexibility index (Phi) is 6.07. The average Bonchev–Trinajstić information content (AvgIpc) is 3.54. The summed E-state index contributed by atoms with van der Waals surface area (Å²) in [5, 5.41) is 23.6. The van der Waals surface area contributed by atoms with Crippen LogP contribution in [0.25, 0.3) is 11.0 Å². The van der Waals surface area contributed by atoms with Gasteiger partial charge in [0.25, 0.3) is 0 Å². The Morgan fingerprint density at radius 2 is 2.09 bits per heavy atom. The van der Waals surface area contributed by atoms with Crippen molar-refractivity contribution in [2.24, 2.45) is 11.8 Å². The van der Waals surface area contributed by atoms with Crippen LogP contribution >= 0.6 is 15.9 Å². The molecule has 34 heavy (non-hydrogen) atoms. The average molecular weight is 535 g/mol. The van der Waals surface area contributed by atoms with Crippen LogP contribution < -0.4 is 10.6 Å². The minimum Gasteiger partial charge on any atom is -0.395 e. The molecule has 182 valence electrons. The van der Waals surface area contributed by atoms with Crippen LogP contribution in [0.2, 0.25) is 0 Å². The van der Waals surface area contributed by atoms with E-state index in [1.165, 1.54) is 4.90 Å². The van der Waals surface area contributed by atoms with Crippen molar-refractivity contribution in [1.82, 2.24) is 30.5 Å². The van der Waals surface area contributed by atoms with Gasteiger partial charge in [0.1, 0.15) is 23.8 Å². The van der Waals surface area contributed by atoms with Gasteiger partial charge in [0, 0.05) is 17.9 Å². The van der Waals surface area contributed by atoms with E-state index in [0.717, 1.165) is 11.9 Å². The predicted molar refractivity (Wildman–Crippen MR) is 123 cm³/mol. The summed E-state index contributed by atoms with van der Waals surface area (Å²) in [6.07, 6.45) is 0.679. The molecule has 3 fully saturated rings. The summed E-state index contributed by atoms with van der Waals surface area (Å²) in [6.45, 7) is 2.18. The lowest BCUT2D eigenvalue weighted by Gasteiger charge is -2.33. The maximum absolute atomic E-state index is 13.5. The fraction of sp³-hybridized carbons (Fsp3) is 0.591. The number of halogens is 1. The molecule has 0 saturated carbocycles. The van der Waals surface area contributed by atoms with Gasteiger partial charge in [-0.15, -0.1) is 5.10 Å². The number of hydrogen-bond donors (Lipinski definition) is 3. The standard InChI is InChI=1S/C22H27BrN6O5/c1-2-7-24-19(31)15-16-21(33)28(8-9-30)18(22(16)10-12(23)17(15)34-22)20(32)25-11-29-14-6-4-3-5-13(14)26-27-29/h3-6,12,15-18,30H,2,7-11H2,1H3,(H,24,31)(H,25,32)/t12?,15-,16+,17-,18?,22?/m1/s1. The smallest absolute Gasteiger partial charge is 0.247 e. The number of amides is 3. The first-order chi connectivity index (χ1) is 16.4. The molecule has 1 spiro atoms. The Morgan fingerprint density at radius 3 is 2.85 bits per heavy atom. The molecule has 3 aliphatic rings. The fourth-order valence-corrected chi connectivity index (χ4v) is 6.67. The van der Waals surface area contributed by atoms with E-state index in [2.05, 4.69) is 36.9 Å². The number of aliphatic hydroxyl groups excluding tert-OH is 1. The number of ether oxygens (including phenoxy) is 1. The van der Waals surface area contributed by atoms with Crippen molar-refractivity contribution in [3.63, 3.8) is 0 Å². The van der Waals surface area contributed by atoms with Gasteiger partial charge in [-0.05, 0) is 25.0 Å².